The fourth-order valence-corrected chi connectivity index (χ4v) is 2.18. The number of nitrogens with two attached hydrogens (primary N) is 1. The number of primary amides is 1. The van der Waals surface area contributed by atoms with E-state index in [1.165, 1.54) is 0 Å². The molecular weight excluding hydrogens is 262 g/mol. The van der Waals surface area contributed by atoms with Gasteiger partial charge in [-0.25, -0.2) is 0 Å². The lowest BCUT2D eigenvalue weighted by molar-refractivity contribution is -0.131. The first-order valence-electron chi connectivity index (χ1n) is 7.00. The number of carbonyl (C=O) groups is 3. The van der Waals surface area contributed by atoms with Gasteiger partial charge in [0.25, 0.3) is 0 Å². The summed E-state index contributed by atoms with van der Waals surface area (Å²) in [4.78, 5) is 34.7. The van der Waals surface area contributed by atoms with E-state index in [-0.39, 0.29) is 30.3 Å². The third-order valence-electron chi connectivity index (χ3n) is 3.15. The van der Waals surface area contributed by atoms with Gasteiger partial charge in [-0.1, -0.05) is 13.8 Å². The fraction of sp³-hybridized carbons (Fsp3) is 0.769. The van der Waals surface area contributed by atoms with E-state index in [9.17, 15) is 14.4 Å². The summed E-state index contributed by atoms with van der Waals surface area (Å²) in [6.45, 7) is 4.54. The number of hydrogen-bond acceptors (Lipinski definition) is 4. The van der Waals surface area contributed by atoms with Crippen LogP contribution in [0.4, 0.5) is 0 Å². The first kappa shape index (κ1) is 16.4. The third kappa shape index (κ3) is 5.56. The van der Waals surface area contributed by atoms with Crippen LogP contribution in [0.15, 0.2) is 0 Å². The summed E-state index contributed by atoms with van der Waals surface area (Å²) in [7, 11) is 0. The van der Waals surface area contributed by atoms with Gasteiger partial charge in [-0.15, -0.1) is 0 Å². The van der Waals surface area contributed by atoms with Crippen LogP contribution in [0, 0.1) is 5.92 Å². The van der Waals surface area contributed by atoms with Crippen molar-refractivity contribution in [2.75, 3.05) is 13.1 Å². The summed E-state index contributed by atoms with van der Waals surface area (Å²) in [6.07, 6.45) is 2.26. The molecule has 1 aliphatic rings. The molecule has 0 unspecified atom stereocenters. The highest BCUT2D eigenvalue weighted by molar-refractivity contribution is 5.91. The number of hydrogen-bond donors (Lipinski definition) is 4. The van der Waals surface area contributed by atoms with Crippen LogP contribution in [0.1, 0.15) is 33.1 Å². The van der Waals surface area contributed by atoms with Gasteiger partial charge in [0, 0.05) is 0 Å². The van der Waals surface area contributed by atoms with Crippen molar-refractivity contribution < 1.29 is 14.4 Å². The van der Waals surface area contributed by atoms with E-state index >= 15 is 0 Å². The molecular formula is C13H24N4O3. The Bertz CT molecular complexity index is 365. The van der Waals surface area contributed by atoms with Gasteiger partial charge < -0.3 is 21.7 Å². The Morgan fingerprint density at radius 1 is 1.35 bits per heavy atom. The van der Waals surface area contributed by atoms with Crippen LogP contribution in [-0.4, -0.2) is 42.9 Å². The number of carbonyl (C=O) groups excluding carboxylic acids is 3. The van der Waals surface area contributed by atoms with Gasteiger partial charge in [0.15, 0.2) is 0 Å². The van der Waals surface area contributed by atoms with E-state index in [0.717, 1.165) is 19.4 Å². The molecule has 1 rings (SSSR count). The van der Waals surface area contributed by atoms with Gasteiger partial charge in [0.05, 0.1) is 12.6 Å². The van der Waals surface area contributed by atoms with E-state index in [1.807, 2.05) is 13.8 Å². The first-order chi connectivity index (χ1) is 9.40. The third-order valence-corrected chi connectivity index (χ3v) is 3.15. The lowest BCUT2D eigenvalue weighted by Crippen LogP contribution is -2.52. The average Bonchev–Trinajstić information content (AvgIpc) is 2.88. The van der Waals surface area contributed by atoms with Gasteiger partial charge >= 0.3 is 0 Å². The molecule has 1 saturated heterocycles. The molecule has 114 valence electrons. The van der Waals surface area contributed by atoms with Gasteiger partial charge in [0.2, 0.25) is 17.7 Å². The van der Waals surface area contributed by atoms with Gasteiger partial charge in [-0.2, -0.15) is 0 Å². The van der Waals surface area contributed by atoms with Crippen molar-refractivity contribution in [1.82, 2.24) is 16.0 Å². The molecule has 0 aromatic rings. The predicted molar refractivity (Wildman–Crippen MR) is 74.6 cm³/mol. The molecule has 2 atom stereocenters. The molecule has 0 bridgehead atoms. The quantitative estimate of drug-likeness (QED) is 0.350. The zero-order valence-electron chi connectivity index (χ0n) is 12.1. The van der Waals surface area contributed by atoms with E-state index in [4.69, 9.17) is 5.73 Å². The molecule has 0 aliphatic carbocycles. The molecule has 0 spiro atoms. The zero-order chi connectivity index (χ0) is 15.1. The van der Waals surface area contributed by atoms with Crippen LogP contribution >= 0.6 is 0 Å². The molecule has 7 heteroatoms. The minimum Gasteiger partial charge on any atom is -0.368 e. The number of rotatable bonds is 7. The normalized spacial score (nSPS) is 19.6. The minimum absolute atomic E-state index is 0.164. The SMILES string of the molecule is CC(C)C[C@H]([15NH]C(=O)[C@@H]1CCCN1)C(=O)N[13CH2]C(N)=O. The van der Waals surface area contributed by atoms with Gasteiger partial charge in [0.1, 0.15) is 6.04 Å². The van der Waals surface area contributed by atoms with Crippen LogP contribution in [-0.2, 0) is 14.4 Å². The Kier molecular flexibility index (Phi) is 6.44. The fourth-order valence-electron chi connectivity index (χ4n) is 2.18. The van der Waals surface area contributed by atoms with Crippen molar-refractivity contribution in [3.8, 4) is 0 Å². The summed E-state index contributed by atoms with van der Waals surface area (Å²) < 4.78 is 0. The number of amides is 3. The Morgan fingerprint density at radius 2 is 2.05 bits per heavy atom. The second kappa shape index (κ2) is 7.84. The van der Waals surface area contributed by atoms with E-state index in [1.54, 1.807) is 0 Å². The maximum absolute atomic E-state index is 12.0. The standard InChI is InChI=1S/C13H24N4O3/c1-8(2)6-10(12(19)16-7-11(14)18)17-13(20)9-4-3-5-15-9/h8-10,15H,3-7H2,1-2H3,(H2,14,18)(H,16,19)(H,17,20)/t9-,10-/m0/s1/i7+1,17+1. The smallest absolute Gasteiger partial charge is 0.243 e. The lowest BCUT2D eigenvalue weighted by atomic mass is 10.0. The van der Waals surface area contributed by atoms with E-state index in [2.05, 4.69) is 16.0 Å². The average molecular weight is 286 g/mol. The second-order valence-electron chi connectivity index (χ2n) is 5.52. The summed E-state index contributed by atoms with van der Waals surface area (Å²) in [5.74, 6) is -0.896. The summed E-state index contributed by atoms with van der Waals surface area (Å²) in [5.41, 5.74) is 4.99. The molecule has 0 radical (unpaired) electrons. The van der Waals surface area contributed by atoms with Crippen molar-refractivity contribution in [3.05, 3.63) is 0 Å². The van der Waals surface area contributed by atoms with Crippen LogP contribution in [0.2, 0.25) is 0 Å². The molecule has 1 aliphatic heterocycles. The van der Waals surface area contributed by atoms with Crippen molar-refractivity contribution in [2.24, 2.45) is 11.7 Å². The second-order valence-corrected chi connectivity index (χ2v) is 5.52. The molecule has 0 saturated carbocycles. The highest BCUT2D eigenvalue weighted by Crippen LogP contribution is 2.08. The van der Waals surface area contributed by atoms with Crippen molar-refractivity contribution in [2.45, 2.75) is 45.2 Å². The lowest BCUT2D eigenvalue weighted by Gasteiger charge is -2.21. The van der Waals surface area contributed by atoms with Crippen molar-refractivity contribution >= 4 is 17.7 Å². The van der Waals surface area contributed by atoms with Gasteiger partial charge in [-0.05, 0) is 31.7 Å². The predicted octanol–water partition coefficient (Wildman–Crippen LogP) is -1.13. The molecule has 7 nitrogen and oxygen atoms in total. The Hall–Kier alpha value is -1.63. The van der Waals surface area contributed by atoms with E-state index in [0.29, 0.717) is 6.42 Å². The molecule has 1 fully saturated rings. The Morgan fingerprint density at radius 3 is 2.55 bits per heavy atom. The highest BCUT2D eigenvalue weighted by atomic mass is 16.2. The van der Waals surface area contributed by atoms with Gasteiger partial charge in [-0.3, -0.25) is 14.4 Å². The topological polar surface area (TPSA) is 113 Å². The summed E-state index contributed by atoms with van der Waals surface area (Å²) >= 11 is 0. The van der Waals surface area contributed by atoms with Crippen molar-refractivity contribution in [1.29, 1.82) is 0 Å². The molecule has 5 N–H and O–H groups in total. The molecule has 1 heterocycles. The van der Waals surface area contributed by atoms with Crippen LogP contribution in [0.3, 0.4) is 0 Å². The largest absolute Gasteiger partial charge is 0.368 e. The minimum atomic E-state index is -0.635. The molecule has 0 aromatic carbocycles. The number of nitrogens with one attached hydrogen (secondary N) is 3. The molecule has 3 amide bonds. The summed E-state index contributed by atoms with van der Waals surface area (Å²) in [5, 5.41) is 8.27. The van der Waals surface area contributed by atoms with Crippen LogP contribution in [0.5, 0.6) is 0 Å². The van der Waals surface area contributed by atoms with Crippen molar-refractivity contribution in [3.63, 3.8) is 0 Å². The molecule has 0 aromatic heterocycles. The zero-order valence-corrected chi connectivity index (χ0v) is 12.1. The summed E-state index contributed by atoms with van der Waals surface area (Å²) in [6, 6.07) is -0.863. The maximum atomic E-state index is 12.0. The van der Waals surface area contributed by atoms with Crippen LogP contribution < -0.4 is 21.7 Å². The maximum Gasteiger partial charge on any atom is 0.243 e. The highest BCUT2D eigenvalue weighted by Gasteiger charge is 2.27. The molecule has 20 heavy (non-hydrogen) atoms. The Balaban J connectivity index is 2.55. The first-order valence-corrected chi connectivity index (χ1v) is 7.00. The van der Waals surface area contributed by atoms with Crippen LogP contribution in [0.25, 0.3) is 0 Å². The Labute approximate surface area is 119 Å². The monoisotopic (exact) mass is 286 g/mol. The van der Waals surface area contributed by atoms with E-state index < -0.39 is 11.9 Å².